The molecule has 0 aliphatic carbocycles. The molecule has 0 fully saturated rings. The number of anilines is 2. The van der Waals surface area contributed by atoms with Gasteiger partial charge in [-0.15, -0.1) is 0 Å². The largest absolute Gasteiger partial charge is 0.329 e. The van der Waals surface area contributed by atoms with E-state index >= 15 is 0 Å². The van der Waals surface area contributed by atoms with Crippen LogP contribution in [0, 0.1) is 6.92 Å². The third-order valence-electron chi connectivity index (χ3n) is 2.41. The molecule has 2 rings (SSSR count). The third kappa shape index (κ3) is 4.13. The molecular weight excluding hydrogens is 258 g/mol. The van der Waals surface area contributed by atoms with Gasteiger partial charge in [-0.1, -0.05) is 18.2 Å². The number of nitrogens with one attached hydrogen (secondary N) is 4. The van der Waals surface area contributed by atoms with Crippen molar-refractivity contribution >= 4 is 23.4 Å². The van der Waals surface area contributed by atoms with E-state index in [1.54, 1.807) is 18.2 Å². The van der Waals surface area contributed by atoms with Crippen LogP contribution in [0.4, 0.5) is 16.3 Å². The number of hydrogen-bond acceptors (Lipinski definition) is 3. The number of benzene rings is 1. The van der Waals surface area contributed by atoms with Crippen molar-refractivity contribution in [2.75, 3.05) is 17.2 Å². The molecule has 1 aromatic heterocycles. The van der Waals surface area contributed by atoms with Crippen LogP contribution in [0.3, 0.4) is 0 Å². The van der Waals surface area contributed by atoms with Gasteiger partial charge in [0.05, 0.1) is 6.54 Å². The minimum Gasteiger partial charge on any atom is -0.329 e. The molecular formula is C13H15N5O2. The number of hydrogen-bond donors (Lipinski definition) is 4. The van der Waals surface area contributed by atoms with E-state index in [0.717, 1.165) is 5.69 Å². The van der Waals surface area contributed by atoms with Crippen molar-refractivity contribution in [3.63, 3.8) is 0 Å². The topological polar surface area (TPSA) is 98.9 Å². The average Bonchev–Trinajstić information content (AvgIpc) is 2.83. The number of carbonyl (C=O) groups is 2. The van der Waals surface area contributed by atoms with Crippen molar-refractivity contribution in [1.82, 2.24) is 15.5 Å². The van der Waals surface area contributed by atoms with Gasteiger partial charge in [0.15, 0.2) is 5.82 Å². The van der Waals surface area contributed by atoms with E-state index in [1.807, 2.05) is 25.1 Å². The van der Waals surface area contributed by atoms with Crippen molar-refractivity contribution in [1.29, 1.82) is 0 Å². The lowest BCUT2D eigenvalue weighted by Crippen LogP contribution is -2.35. The molecule has 0 saturated carbocycles. The Morgan fingerprint density at radius 1 is 1.20 bits per heavy atom. The van der Waals surface area contributed by atoms with E-state index in [0.29, 0.717) is 11.5 Å². The minimum atomic E-state index is -0.440. The standard InChI is InChI=1S/C13H15N5O2/c1-9-7-11(18-17-9)16-12(19)8-14-13(20)15-10-5-3-2-4-6-10/h2-7H,8H2,1H3,(H2,14,15,20)(H2,16,17,18,19). The van der Waals surface area contributed by atoms with E-state index in [9.17, 15) is 9.59 Å². The van der Waals surface area contributed by atoms with Gasteiger partial charge in [0.25, 0.3) is 0 Å². The summed E-state index contributed by atoms with van der Waals surface area (Å²) >= 11 is 0. The Bertz CT molecular complexity index is 594. The number of para-hydroxylation sites is 1. The van der Waals surface area contributed by atoms with E-state index in [1.165, 1.54) is 0 Å². The lowest BCUT2D eigenvalue weighted by atomic mass is 10.3. The summed E-state index contributed by atoms with van der Waals surface area (Å²) in [5.41, 5.74) is 1.50. The van der Waals surface area contributed by atoms with Crippen LogP contribution >= 0.6 is 0 Å². The summed E-state index contributed by atoms with van der Waals surface area (Å²) in [7, 11) is 0. The highest BCUT2D eigenvalue weighted by atomic mass is 16.2. The Labute approximate surface area is 115 Å². The zero-order valence-corrected chi connectivity index (χ0v) is 10.9. The van der Waals surface area contributed by atoms with Crippen molar-refractivity contribution < 1.29 is 9.59 Å². The van der Waals surface area contributed by atoms with Crippen LogP contribution in [-0.2, 0) is 4.79 Å². The van der Waals surface area contributed by atoms with Gasteiger partial charge in [-0.25, -0.2) is 4.79 Å². The molecule has 0 aliphatic heterocycles. The summed E-state index contributed by atoms with van der Waals surface area (Å²) in [6.07, 6.45) is 0. The van der Waals surface area contributed by atoms with Crippen LogP contribution in [0.15, 0.2) is 36.4 Å². The summed E-state index contributed by atoms with van der Waals surface area (Å²) in [5, 5.41) is 14.2. The molecule has 1 aromatic carbocycles. The zero-order valence-electron chi connectivity index (χ0n) is 10.9. The first-order valence-corrected chi connectivity index (χ1v) is 6.05. The third-order valence-corrected chi connectivity index (χ3v) is 2.41. The number of aromatic amines is 1. The molecule has 0 atom stereocenters. The van der Waals surface area contributed by atoms with E-state index in [-0.39, 0.29) is 12.5 Å². The molecule has 1 heterocycles. The Balaban J connectivity index is 1.74. The van der Waals surface area contributed by atoms with Crippen LogP contribution < -0.4 is 16.0 Å². The second-order valence-electron chi connectivity index (χ2n) is 4.16. The van der Waals surface area contributed by atoms with Gasteiger partial charge in [-0.3, -0.25) is 9.89 Å². The molecule has 0 bridgehead atoms. The lowest BCUT2D eigenvalue weighted by molar-refractivity contribution is -0.115. The Hall–Kier alpha value is -2.83. The molecule has 7 nitrogen and oxygen atoms in total. The van der Waals surface area contributed by atoms with Crippen molar-refractivity contribution in [2.45, 2.75) is 6.92 Å². The maximum absolute atomic E-state index is 11.6. The van der Waals surface area contributed by atoms with Crippen molar-refractivity contribution in [3.8, 4) is 0 Å². The highest BCUT2D eigenvalue weighted by molar-refractivity contribution is 5.96. The summed E-state index contributed by atoms with van der Waals surface area (Å²) in [4.78, 5) is 23.1. The zero-order chi connectivity index (χ0) is 14.4. The van der Waals surface area contributed by atoms with Gasteiger partial charge in [0.1, 0.15) is 0 Å². The first-order valence-electron chi connectivity index (χ1n) is 6.05. The van der Waals surface area contributed by atoms with Crippen LogP contribution in [0.5, 0.6) is 0 Å². The highest BCUT2D eigenvalue weighted by Crippen LogP contribution is 2.04. The van der Waals surface area contributed by atoms with Crippen LogP contribution in [-0.4, -0.2) is 28.7 Å². The Kier molecular flexibility index (Phi) is 4.33. The molecule has 0 radical (unpaired) electrons. The molecule has 4 N–H and O–H groups in total. The fourth-order valence-corrected chi connectivity index (χ4v) is 1.53. The summed E-state index contributed by atoms with van der Waals surface area (Å²) in [5.74, 6) is 0.0810. The molecule has 0 aliphatic rings. The number of aromatic nitrogens is 2. The number of carbonyl (C=O) groups excluding carboxylic acids is 2. The van der Waals surface area contributed by atoms with Gasteiger partial charge in [0, 0.05) is 17.4 Å². The number of rotatable bonds is 4. The number of nitrogens with zero attached hydrogens (tertiary/aromatic N) is 1. The predicted molar refractivity (Wildman–Crippen MR) is 75.4 cm³/mol. The van der Waals surface area contributed by atoms with Crippen molar-refractivity contribution in [2.24, 2.45) is 0 Å². The smallest absolute Gasteiger partial charge is 0.319 e. The molecule has 20 heavy (non-hydrogen) atoms. The number of urea groups is 1. The fourth-order valence-electron chi connectivity index (χ4n) is 1.53. The highest BCUT2D eigenvalue weighted by Gasteiger charge is 2.07. The summed E-state index contributed by atoms with van der Waals surface area (Å²) in [6.45, 7) is 1.69. The molecule has 104 valence electrons. The summed E-state index contributed by atoms with van der Waals surface area (Å²) in [6, 6.07) is 10.2. The fraction of sp³-hybridized carbons (Fsp3) is 0.154. The maximum atomic E-state index is 11.6. The van der Waals surface area contributed by atoms with Gasteiger partial charge in [-0.05, 0) is 19.1 Å². The second-order valence-corrected chi connectivity index (χ2v) is 4.16. The minimum absolute atomic E-state index is 0.134. The molecule has 0 saturated heterocycles. The van der Waals surface area contributed by atoms with Gasteiger partial charge >= 0.3 is 6.03 Å². The number of amides is 3. The van der Waals surface area contributed by atoms with Gasteiger partial charge in [0.2, 0.25) is 5.91 Å². The van der Waals surface area contributed by atoms with Gasteiger partial charge in [-0.2, -0.15) is 5.10 Å². The Morgan fingerprint density at radius 3 is 2.60 bits per heavy atom. The Morgan fingerprint density at radius 2 is 1.95 bits per heavy atom. The lowest BCUT2D eigenvalue weighted by Gasteiger charge is -2.07. The summed E-state index contributed by atoms with van der Waals surface area (Å²) < 4.78 is 0. The maximum Gasteiger partial charge on any atom is 0.319 e. The average molecular weight is 273 g/mol. The first-order chi connectivity index (χ1) is 9.63. The monoisotopic (exact) mass is 273 g/mol. The van der Waals surface area contributed by atoms with E-state index < -0.39 is 6.03 Å². The molecule has 7 heteroatoms. The number of aryl methyl sites for hydroxylation is 1. The first kappa shape index (κ1) is 13.6. The molecule has 2 aromatic rings. The van der Waals surface area contributed by atoms with Crippen LogP contribution in [0.25, 0.3) is 0 Å². The second kappa shape index (κ2) is 6.37. The number of H-pyrrole nitrogens is 1. The molecule has 3 amide bonds. The van der Waals surface area contributed by atoms with Crippen LogP contribution in [0.1, 0.15) is 5.69 Å². The quantitative estimate of drug-likeness (QED) is 0.679. The molecule has 0 unspecified atom stereocenters. The van der Waals surface area contributed by atoms with Gasteiger partial charge < -0.3 is 16.0 Å². The SMILES string of the molecule is Cc1cc(NC(=O)CNC(=O)Nc2ccccc2)n[nH]1. The van der Waals surface area contributed by atoms with Crippen molar-refractivity contribution in [3.05, 3.63) is 42.1 Å². The molecule has 0 spiro atoms. The normalized spacial score (nSPS) is 9.85. The van der Waals surface area contributed by atoms with E-state index in [2.05, 4.69) is 26.1 Å². The predicted octanol–water partition coefficient (Wildman–Crippen LogP) is 1.48. The van der Waals surface area contributed by atoms with Crippen LogP contribution in [0.2, 0.25) is 0 Å². The van der Waals surface area contributed by atoms with E-state index in [4.69, 9.17) is 0 Å².